The van der Waals surface area contributed by atoms with Crippen LogP contribution in [-0.4, -0.2) is 69.9 Å². The lowest BCUT2D eigenvalue weighted by Crippen LogP contribution is -2.34. The first-order valence-corrected chi connectivity index (χ1v) is 12.7. The SMILES string of the molecule is Cc1ncc(-c2ccc(C(=O)N(C)C)cc2)nc1-c1nnc(-c2ccccc2OCCNC(=O)OC(C)(C)C)o1.[HH].[HH]. The quantitative estimate of drug-likeness (QED) is 0.293. The molecular weight excluding hydrogens is 512 g/mol. The Labute approximate surface area is 235 Å². The summed E-state index contributed by atoms with van der Waals surface area (Å²) in [5, 5.41) is 11.1. The number of rotatable bonds is 8. The molecule has 212 valence electrons. The molecule has 0 atom stereocenters. The molecule has 0 unspecified atom stereocenters. The van der Waals surface area contributed by atoms with Gasteiger partial charge in [-0.15, -0.1) is 10.2 Å². The zero-order valence-corrected chi connectivity index (χ0v) is 23.4. The third-order valence-electron chi connectivity index (χ3n) is 5.56. The Kier molecular flexibility index (Phi) is 8.42. The molecule has 0 saturated heterocycles. The summed E-state index contributed by atoms with van der Waals surface area (Å²) < 4.78 is 17.1. The number of aromatic nitrogens is 4. The van der Waals surface area contributed by atoms with Crippen molar-refractivity contribution in [2.45, 2.75) is 33.3 Å². The third kappa shape index (κ3) is 6.99. The zero-order chi connectivity index (χ0) is 28.9. The first kappa shape index (κ1) is 28.2. The standard InChI is InChI=1S/C29H32N6O5.2H2/c1-18-24(32-22(17-31-18)19-11-13-20(14-12-19)27(36)35(5)6)26-34-33-25(39-26)21-9-7-8-10-23(21)38-16-15-30-28(37)40-29(2,3)4;;/h7-14,17H,15-16H2,1-6H3,(H,30,37);2*1H. The average molecular weight is 549 g/mol. The molecule has 40 heavy (non-hydrogen) atoms. The van der Waals surface area contributed by atoms with Crippen molar-refractivity contribution in [2.75, 3.05) is 27.2 Å². The number of aryl methyl sites for hydroxylation is 1. The Bertz CT molecular complexity index is 1500. The minimum Gasteiger partial charge on any atom is -0.491 e. The number of para-hydroxylation sites is 1. The highest BCUT2D eigenvalue weighted by Crippen LogP contribution is 2.31. The van der Waals surface area contributed by atoms with E-state index in [1.165, 1.54) is 4.90 Å². The molecule has 2 amide bonds. The van der Waals surface area contributed by atoms with E-state index in [-0.39, 0.29) is 33.7 Å². The highest BCUT2D eigenvalue weighted by Gasteiger charge is 2.19. The van der Waals surface area contributed by atoms with Gasteiger partial charge in [-0.2, -0.15) is 0 Å². The summed E-state index contributed by atoms with van der Waals surface area (Å²) in [6, 6.07) is 14.4. The number of hydrogen-bond donors (Lipinski definition) is 1. The monoisotopic (exact) mass is 548 g/mol. The van der Waals surface area contributed by atoms with Crippen LogP contribution in [0.3, 0.4) is 0 Å². The third-order valence-corrected chi connectivity index (χ3v) is 5.56. The normalized spacial score (nSPS) is 11.2. The second-order valence-corrected chi connectivity index (χ2v) is 10.2. The van der Waals surface area contributed by atoms with Gasteiger partial charge in [-0.05, 0) is 52.0 Å². The molecule has 0 spiro atoms. The van der Waals surface area contributed by atoms with E-state index in [0.29, 0.717) is 34.0 Å². The highest BCUT2D eigenvalue weighted by molar-refractivity contribution is 5.94. The van der Waals surface area contributed by atoms with Crippen LogP contribution in [-0.2, 0) is 4.74 Å². The van der Waals surface area contributed by atoms with Gasteiger partial charge in [0.1, 0.15) is 23.7 Å². The van der Waals surface area contributed by atoms with Crippen molar-refractivity contribution in [3.63, 3.8) is 0 Å². The Hall–Kier alpha value is -4.80. The van der Waals surface area contributed by atoms with Crippen LogP contribution < -0.4 is 10.1 Å². The number of amides is 2. The van der Waals surface area contributed by atoms with E-state index in [1.807, 2.05) is 31.2 Å². The molecular formula is C29H36N6O5. The predicted molar refractivity (Wildman–Crippen MR) is 153 cm³/mol. The van der Waals surface area contributed by atoms with E-state index in [1.54, 1.807) is 65.3 Å². The van der Waals surface area contributed by atoms with Gasteiger partial charge in [0.15, 0.2) is 0 Å². The van der Waals surface area contributed by atoms with Crippen molar-refractivity contribution in [1.82, 2.24) is 30.4 Å². The minimum absolute atomic E-state index is 0. The molecule has 2 aromatic carbocycles. The van der Waals surface area contributed by atoms with Gasteiger partial charge < -0.3 is 24.1 Å². The smallest absolute Gasteiger partial charge is 0.407 e. The summed E-state index contributed by atoms with van der Waals surface area (Å²) in [7, 11) is 3.42. The van der Waals surface area contributed by atoms with Crippen LogP contribution in [0.15, 0.2) is 59.1 Å². The van der Waals surface area contributed by atoms with E-state index >= 15 is 0 Å². The maximum absolute atomic E-state index is 12.2. The average Bonchev–Trinajstić information content (AvgIpc) is 3.40. The highest BCUT2D eigenvalue weighted by atomic mass is 16.6. The van der Waals surface area contributed by atoms with Crippen LogP contribution in [0.5, 0.6) is 5.75 Å². The number of carbonyl (C=O) groups excluding carboxylic acids is 2. The molecule has 4 rings (SSSR count). The number of benzene rings is 2. The molecule has 0 aliphatic heterocycles. The number of carbonyl (C=O) groups is 2. The van der Waals surface area contributed by atoms with E-state index in [0.717, 1.165) is 5.56 Å². The summed E-state index contributed by atoms with van der Waals surface area (Å²) in [5.74, 6) is 0.906. The molecule has 0 aliphatic carbocycles. The Morgan fingerprint density at radius 1 is 1.02 bits per heavy atom. The first-order valence-electron chi connectivity index (χ1n) is 12.7. The maximum atomic E-state index is 12.2. The maximum Gasteiger partial charge on any atom is 0.407 e. The fourth-order valence-corrected chi connectivity index (χ4v) is 3.66. The van der Waals surface area contributed by atoms with E-state index < -0.39 is 11.7 Å². The van der Waals surface area contributed by atoms with Gasteiger partial charge >= 0.3 is 6.09 Å². The lowest BCUT2D eigenvalue weighted by molar-refractivity contribution is 0.0520. The van der Waals surface area contributed by atoms with Gasteiger partial charge in [0, 0.05) is 28.1 Å². The zero-order valence-electron chi connectivity index (χ0n) is 23.4. The molecule has 0 aliphatic rings. The molecule has 1 N–H and O–H groups in total. The lowest BCUT2D eigenvalue weighted by atomic mass is 10.1. The predicted octanol–water partition coefficient (Wildman–Crippen LogP) is 5.27. The summed E-state index contributed by atoms with van der Waals surface area (Å²) in [5.41, 5.74) is 3.07. The van der Waals surface area contributed by atoms with Gasteiger partial charge in [0.2, 0.25) is 0 Å². The van der Waals surface area contributed by atoms with Crippen molar-refractivity contribution < 1.29 is 26.3 Å². The molecule has 0 radical (unpaired) electrons. The van der Waals surface area contributed by atoms with Crippen LogP contribution in [0.2, 0.25) is 0 Å². The van der Waals surface area contributed by atoms with Gasteiger partial charge in [0.25, 0.3) is 17.7 Å². The van der Waals surface area contributed by atoms with Crippen molar-refractivity contribution in [1.29, 1.82) is 0 Å². The molecule has 11 heteroatoms. The van der Waals surface area contributed by atoms with Gasteiger partial charge in [-0.1, -0.05) is 24.3 Å². The Balaban J connectivity index is 0.00000308. The number of nitrogens with zero attached hydrogens (tertiary/aromatic N) is 5. The fraction of sp³-hybridized carbons (Fsp3) is 0.310. The number of hydrogen-bond acceptors (Lipinski definition) is 9. The number of ether oxygens (including phenoxy) is 2. The van der Waals surface area contributed by atoms with E-state index in [9.17, 15) is 9.59 Å². The van der Waals surface area contributed by atoms with Crippen LogP contribution in [0, 0.1) is 6.92 Å². The number of alkyl carbamates (subject to hydrolysis) is 1. The fourth-order valence-electron chi connectivity index (χ4n) is 3.66. The molecule has 2 aromatic heterocycles. The topological polar surface area (TPSA) is 133 Å². The molecule has 0 fully saturated rings. The summed E-state index contributed by atoms with van der Waals surface area (Å²) in [4.78, 5) is 34.8. The van der Waals surface area contributed by atoms with Crippen molar-refractivity contribution >= 4 is 12.0 Å². The van der Waals surface area contributed by atoms with Crippen molar-refractivity contribution in [2.24, 2.45) is 0 Å². The van der Waals surface area contributed by atoms with Crippen LogP contribution in [0.4, 0.5) is 4.79 Å². The lowest BCUT2D eigenvalue weighted by Gasteiger charge is -2.19. The van der Waals surface area contributed by atoms with Crippen LogP contribution >= 0.6 is 0 Å². The molecule has 11 nitrogen and oxygen atoms in total. The summed E-state index contributed by atoms with van der Waals surface area (Å²) >= 11 is 0. The first-order chi connectivity index (χ1) is 19.0. The van der Waals surface area contributed by atoms with E-state index in [4.69, 9.17) is 18.9 Å². The van der Waals surface area contributed by atoms with Gasteiger partial charge in [-0.25, -0.2) is 9.78 Å². The second-order valence-electron chi connectivity index (χ2n) is 10.2. The minimum atomic E-state index is -0.577. The van der Waals surface area contributed by atoms with Crippen LogP contribution in [0.25, 0.3) is 34.3 Å². The molecule has 0 saturated carbocycles. The molecule has 2 heterocycles. The van der Waals surface area contributed by atoms with E-state index in [2.05, 4.69) is 20.5 Å². The Morgan fingerprint density at radius 2 is 1.73 bits per heavy atom. The second kappa shape index (κ2) is 11.9. The van der Waals surface area contributed by atoms with Crippen molar-refractivity contribution in [3.05, 3.63) is 66.0 Å². The summed E-state index contributed by atoms with van der Waals surface area (Å²) in [6.45, 7) is 7.67. The Morgan fingerprint density at radius 3 is 2.42 bits per heavy atom. The summed E-state index contributed by atoms with van der Waals surface area (Å²) in [6.07, 6.45) is 1.15. The van der Waals surface area contributed by atoms with Gasteiger partial charge in [-0.3, -0.25) is 9.78 Å². The van der Waals surface area contributed by atoms with Crippen molar-refractivity contribution in [3.8, 4) is 40.0 Å². The largest absolute Gasteiger partial charge is 0.491 e. The molecule has 0 bridgehead atoms. The van der Waals surface area contributed by atoms with Gasteiger partial charge in [0.05, 0.1) is 29.7 Å². The number of nitrogens with one attached hydrogen (secondary N) is 1. The molecule has 4 aromatic rings. The van der Waals surface area contributed by atoms with Crippen LogP contribution in [0.1, 0.15) is 39.7 Å².